The summed E-state index contributed by atoms with van der Waals surface area (Å²) < 4.78 is 14.2. The molecule has 0 fully saturated rings. The van der Waals surface area contributed by atoms with Crippen LogP contribution in [0.5, 0.6) is 0 Å². The molecule has 0 aliphatic carbocycles. The summed E-state index contributed by atoms with van der Waals surface area (Å²) in [5.74, 6) is -0.187. The molecule has 0 radical (unpaired) electrons. The molecular formula is C18H21BrFN. The summed E-state index contributed by atoms with van der Waals surface area (Å²) in [6.45, 7) is 5.22. The summed E-state index contributed by atoms with van der Waals surface area (Å²) in [5.41, 5.74) is 3.63. The first-order chi connectivity index (χ1) is 10.1. The molecule has 0 amide bonds. The van der Waals surface area contributed by atoms with Crippen LogP contribution in [0.15, 0.2) is 46.9 Å². The van der Waals surface area contributed by atoms with Gasteiger partial charge in [0.25, 0.3) is 0 Å². The second-order valence-corrected chi connectivity index (χ2v) is 6.11. The Hall–Kier alpha value is -1.19. The molecule has 0 saturated carbocycles. The van der Waals surface area contributed by atoms with E-state index in [1.807, 2.05) is 12.1 Å². The average Bonchev–Trinajstić information content (AvgIpc) is 2.48. The molecule has 2 aromatic carbocycles. The van der Waals surface area contributed by atoms with Gasteiger partial charge in [0.05, 0.1) is 0 Å². The monoisotopic (exact) mass is 349 g/mol. The smallest absolute Gasteiger partial charge is 0.123 e. The van der Waals surface area contributed by atoms with E-state index in [9.17, 15) is 4.39 Å². The van der Waals surface area contributed by atoms with Crippen LogP contribution in [0.4, 0.5) is 4.39 Å². The highest BCUT2D eigenvalue weighted by Crippen LogP contribution is 2.29. The molecular weight excluding hydrogens is 329 g/mol. The van der Waals surface area contributed by atoms with Gasteiger partial charge in [-0.3, -0.25) is 0 Å². The van der Waals surface area contributed by atoms with Crippen molar-refractivity contribution >= 4 is 15.9 Å². The highest BCUT2D eigenvalue weighted by atomic mass is 79.9. The Balaban J connectivity index is 2.25. The maximum absolute atomic E-state index is 13.0. The average molecular weight is 350 g/mol. The van der Waals surface area contributed by atoms with Gasteiger partial charge in [0.2, 0.25) is 0 Å². The molecule has 1 N–H and O–H groups in total. The molecule has 0 bridgehead atoms. The lowest BCUT2D eigenvalue weighted by Gasteiger charge is -2.21. The van der Waals surface area contributed by atoms with Crippen LogP contribution in [0, 0.1) is 12.7 Å². The fourth-order valence-electron chi connectivity index (χ4n) is 2.41. The fourth-order valence-corrected chi connectivity index (χ4v) is 2.95. The third-order valence-corrected chi connectivity index (χ3v) is 4.67. The van der Waals surface area contributed by atoms with Gasteiger partial charge >= 0.3 is 0 Å². The predicted octanol–water partition coefficient (Wildman–Crippen LogP) is 5.18. The summed E-state index contributed by atoms with van der Waals surface area (Å²) >= 11 is 3.70. The third-order valence-electron chi connectivity index (χ3n) is 3.59. The number of hydrogen-bond acceptors (Lipinski definition) is 1. The second kappa shape index (κ2) is 7.71. The fraction of sp³-hybridized carbons (Fsp3) is 0.333. The van der Waals surface area contributed by atoms with Gasteiger partial charge < -0.3 is 5.32 Å². The van der Waals surface area contributed by atoms with E-state index >= 15 is 0 Å². The van der Waals surface area contributed by atoms with Crippen LogP contribution < -0.4 is 5.32 Å². The van der Waals surface area contributed by atoms with E-state index in [0.29, 0.717) is 0 Å². The molecule has 112 valence electrons. The van der Waals surface area contributed by atoms with Crippen LogP contribution in [0.2, 0.25) is 0 Å². The molecule has 2 rings (SSSR count). The van der Waals surface area contributed by atoms with Gasteiger partial charge in [0, 0.05) is 10.5 Å². The molecule has 1 nitrogen and oxygen atoms in total. The Morgan fingerprint density at radius 2 is 1.86 bits per heavy atom. The molecule has 1 atom stereocenters. The number of halogens is 2. The first-order valence-electron chi connectivity index (χ1n) is 7.34. The first-order valence-corrected chi connectivity index (χ1v) is 8.14. The van der Waals surface area contributed by atoms with Crippen LogP contribution in [0.25, 0.3) is 0 Å². The van der Waals surface area contributed by atoms with Crippen LogP contribution in [-0.2, 0) is 6.42 Å². The normalized spacial score (nSPS) is 12.4. The van der Waals surface area contributed by atoms with Crippen LogP contribution >= 0.6 is 15.9 Å². The van der Waals surface area contributed by atoms with Crippen molar-refractivity contribution in [1.29, 1.82) is 0 Å². The van der Waals surface area contributed by atoms with E-state index in [-0.39, 0.29) is 11.9 Å². The van der Waals surface area contributed by atoms with Crippen LogP contribution in [0.3, 0.4) is 0 Å². The lowest BCUT2D eigenvalue weighted by atomic mass is 9.97. The zero-order valence-electron chi connectivity index (χ0n) is 12.5. The van der Waals surface area contributed by atoms with Gasteiger partial charge in [-0.2, -0.15) is 0 Å². The number of nitrogens with one attached hydrogen (secondary N) is 1. The van der Waals surface area contributed by atoms with Crippen molar-refractivity contribution in [3.05, 3.63) is 69.4 Å². The van der Waals surface area contributed by atoms with Crippen molar-refractivity contribution in [1.82, 2.24) is 5.32 Å². The number of hydrogen-bond donors (Lipinski definition) is 1. The third kappa shape index (κ3) is 4.39. The van der Waals surface area contributed by atoms with Gasteiger partial charge in [0.15, 0.2) is 0 Å². The Morgan fingerprint density at radius 3 is 2.52 bits per heavy atom. The molecule has 0 saturated heterocycles. The minimum absolute atomic E-state index is 0.187. The minimum Gasteiger partial charge on any atom is -0.310 e. The van der Waals surface area contributed by atoms with E-state index in [2.05, 4.69) is 53.3 Å². The van der Waals surface area contributed by atoms with Crippen molar-refractivity contribution in [2.45, 2.75) is 32.7 Å². The Labute approximate surface area is 134 Å². The predicted molar refractivity (Wildman–Crippen MR) is 90.0 cm³/mol. The minimum atomic E-state index is -0.187. The Kier molecular flexibility index (Phi) is 5.95. The van der Waals surface area contributed by atoms with Crippen molar-refractivity contribution in [2.75, 3.05) is 6.54 Å². The molecule has 0 aliphatic heterocycles. The number of aryl methyl sites for hydroxylation is 1. The maximum Gasteiger partial charge on any atom is 0.123 e. The molecule has 1 unspecified atom stereocenters. The molecule has 0 aliphatic rings. The zero-order valence-corrected chi connectivity index (χ0v) is 14.1. The van der Waals surface area contributed by atoms with E-state index in [1.54, 1.807) is 0 Å². The summed E-state index contributed by atoms with van der Waals surface area (Å²) in [6.07, 6.45) is 1.94. The summed E-state index contributed by atoms with van der Waals surface area (Å²) in [6, 6.07) is 13.3. The molecule has 2 aromatic rings. The topological polar surface area (TPSA) is 12.0 Å². The summed E-state index contributed by atoms with van der Waals surface area (Å²) in [4.78, 5) is 0. The highest BCUT2D eigenvalue weighted by molar-refractivity contribution is 9.10. The number of benzene rings is 2. The van der Waals surface area contributed by atoms with Crippen molar-refractivity contribution in [2.24, 2.45) is 0 Å². The van der Waals surface area contributed by atoms with Gasteiger partial charge in [-0.1, -0.05) is 53.2 Å². The van der Waals surface area contributed by atoms with Crippen LogP contribution in [-0.4, -0.2) is 6.54 Å². The van der Waals surface area contributed by atoms with Gasteiger partial charge in [-0.05, 0) is 55.1 Å². The SMILES string of the molecule is CCCNC(Cc1ccc(F)cc1)c1cccc(C)c1Br. The molecule has 3 heteroatoms. The van der Waals surface area contributed by atoms with Crippen molar-refractivity contribution < 1.29 is 4.39 Å². The van der Waals surface area contributed by atoms with E-state index in [1.165, 1.54) is 23.3 Å². The lowest BCUT2D eigenvalue weighted by molar-refractivity contribution is 0.526. The quantitative estimate of drug-likeness (QED) is 0.757. The molecule has 21 heavy (non-hydrogen) atoms. The largest absolute Gasteiger partial charge is 0.310 e. The molecule has 0 spiro atoms. The summed E-state index contributed by atoms with van der Waals surface area (Å²) in [7, 11) is 0. The lowest BCUT2D eigenvalue weighted by Crippen LogP contribution is -2.24. The summed E-state index contributed by atoms with van der Waals surface area (Å²) in [5, 5.41) is 3.59. The van der Waals surface area contributed by atoms with E-state index in [0.717, 1.165) is 29.4 Å². The Bertz CT molecular complexity index is 580. The van der Waals surface area contributed by atoms with Crippen LogP contribution in [0.1, 0.15) is 36.1 Å². The van der Waals surface area contributed by atoms with Gasteiger partial charge in [0.1, 0.15) is 5.82 Å². The second-order valence-electron chi connectivity index (χ2n) is 5.32. The maximum atomic E-state index is 13.0. The Morgan fingerprint density at radius 1 is 1.14 bits per heavy atom. The molecule has 0 aromatic heterocycles. The van der Waals surface area contributed by atoms with Crippen molar-refractivity contribution in [3.63, 3.8) is 0 Å². The number of rotatable bonds is 6. The van der Waals surface area contributed by atoms with Crippen molar-refractivity contribution in [3.8, 4) is 0 Å². The highest BCUT2D eigenvalue weighted by Gasteiger charge is 2.15. The van der Waals surface area contributed by atoms with Gasteiger partial charge in [-0.15, -0.1) is 0 Å². The van der Waals surface area contributed by atoms with E-state index in [4.69, 9.17) is 0 Å². The van der Waals surface area contributed by atoms with Gasteiger partial charge in [-0.25, -0.2) is 4.39 Å². The van der Waals surface area contributed by atoms with E-state index < -0.39 is 0 Å². The molecule has 0 heterocycles. The first kappa shape index (κ1) is 16.2. The standard InChI is InChI=1S/C18H21BrFN/c1-3-11-21-17(12-14-7-9-15(20)10-8-14)16-6-4-5-13(2)18(16)19/h4-10,17,21H,3,11-12H2,1-2H3. The zero-order chi connectivity index (χ0) is 15.2.